The lowest BCUT2D eigenvalue weighted by Gasteiger charge is -2.05. The SMILES string of the molecule is CCCCCCCN=C(N)NC(N)=NNC(=O)CCCCCCC. The summed E-state index contributed by atoms with van der Waals surface area (Å²) in [5, 5.41) is 6.43. The minimum atomic E-state index is -0.136. The lowest BCUT2D eigenvalue weighted by Crippen LogP contribution is -2.43. The maximum Gasteiger partial charge on any atom is 0.240 e. The Morgan fingerprint density at radius 2 is 1.42 bits per heavy atom. The van der Waals surface area contributed by atoms with Gasteiger partial charge in [0.25, 0.3) is 0 Å². The van der Waals surface area contributed by atoms with Gasteiger partial charge < -0.3 is 11.5 Å². The van der Waals surface area contributed by atoms with Gasteiger partial charge in [-0.2, -0.15) is 0 Å². The van der Waals surface area contributed by atoms with Gasteiger partial charge in [-0.25, -0.2) is 5.43 Å². The molecule has 1 amide bonds. The molecule has 0 rings (SSSR count). The minimum absolute atomic E-state index is 0.0431. The Morgan fingerprint density at radius 1 is 0.833 bits per heavy atom. The smallest absolute Gasteiger partial charge is 0.240 e. The molecule has 0 fully saturated rings. The number of carbonyl (C=O) groups excluding carboxylic acids is 1. The van der Waals surface area contributed by atoms with Gasteiger partial charge in [-0.3, -0.25) is 15.1 Å². The molecule has 0 bridgehead atoms. The highest BCUT2D eigenvalue weighted by molar-refractivity contribution is 5.97. The maximum absolute atomic E-state index is 11.6. The van der Waals surface area contributed by atoms with Crippen LogP contribution < -0.4 is 22.2 Å². The summed E-state index contributed by atoms with van der Waals surface area (Å²) in [5.41, 5.74) is 13.8. The van der Waals surface area contributed by atoms with Crippen LogP contribution in [0.15, 0.2) is 10.1 Å². The van der Waals surface area contributed by atoms with Gasteiger partial charge in [0.2, 0.25) is 11.9 Å². The van der Waals surface area contributed by atoms with Crippen molar-refractivity contribution in [1.82, 2.24) is 10.7 Å². The molecule has 24 heavy (non-hydrogen) atoms. The molecule has 0 heterocycles. The number of amides is 1. The number of hydrazone groups is 1. The van der Waals surface area contributed by atoms with Crippen LogP contribution in [0.25, 0.3) is 0 Å². The number of nitrogens with one attached hydrogen (secondary N) is 2. The number of carbonyl (C=O) groups is 1. The van der Waals surface area contributed by atoms with Crippen molar-refractivity contribution in [2.45, 2.75) is 84.5 Å². The molecule has 0 saturated carbocycles. The third-order valence-electron chi connectivity index (χ3n) is 3.61. The Labute approximate surface area is 146 Å². The predicted molar refractivity (Wildman–Crippen MR) is 102 cm³/mol. The fourth-order valence-corrected chi connectivity index (χ4v) is 2.18. The van der Waals surface area contributed by atoms with Crippen LogP contribution in [0.2, 0.25) is 0 Å². The van der Waals surface area contributed by atoms with Gasteiger partial charge in [-0.15, -0.1) is 5.10 Å². The molecule has 7 nitrogen and oxygen atoms in total. The van der Waals surface area contributed by atoms with Gasteiger partial charge in [-0.05, 0) is 12.8 Å². The summed E-state index contributed by atoms with van der Waals surface area (Å²) in [5.74, 6) is 0.129. The van der Waals surface area contributed by atoms with E-state index in [4.69, 9.17) is 11.5 Å². The second-order valence-electron chi connectivity index (χ2n) is 6.00. The van der Waals surface area contributed by atoms with E-state index in [2.05, 4.69) is 34.7 Å². The van der Waals surface area contributed by atoms with Crippen molar-refractivity contribution in [3.05, 3.63) is 0 Å². The highest BCUT2D eigenvalue weighted by Crippen LogP contribution is 2.04. The molecule has 0 aliphatic carbocycles. The van der Waals surface area contributed by atoms with Gasteiger partial charge in [0.05, 0.1) is 0 Å². The molecule has 0 aromatic rings. The van der Waals surface area contributed by atoms with Crippen LogP contribution in [0.3, 0.4) is 0 Å². The van der Waals surface area contributed by atoms with E-state index in [9.17, 15) is 4.79 Å². The zero-order valence-electron chi connectivity index (χ0n) is 15.4. The van der Waals surface area contributed by atoms with Crippen LogP contribution in [-0.2, 0) is 4.79 Å². The number of nitrogens with two attached hydrogens (primary N) is 2. The molecule has 0 aliphatic rings. The molecule has 0 aromatic carbocycles. The van der Waals surface area contributed by atoms with Gasteiger partial charge in [0.15, 0.2) is 5.96 Å². The van der Waals surface area contributed by atoms with Crippen LogP contribution in [0, 0.1) is 0 Å². The van der Waals surface area contributed by atoms with E-state index in [-0.39, 0.29) is 17.8 Å². The van der Waals surface area contributed by atoms with E-state index >= 15 is 0 Å². The summed E-state index contributed by atoms with van der Waals surface area (Å²) >= 11 is 0. The molecule has 6 N–H and O–H groups in total. The molecule has 0 aliphatic heterocycles. The van der Waals surface area contributed by atoms with Crippen LogP contribution in [0.4, 0.5) is 0 Å². The largest absolute Gasteiger partial charge is 0.370 e. The van der Waals surface area contributed by atoms with Crippen LogP contribution in [0.1, 0.15) is 84.5 Å². The highest BCUT2D eigenvalue weighted by Gasteiger charge is 2.01. The van der Waals surface area contributed by atoms with Crippen molar-refractivity contribution < 1.29 is 4.79 Å². The van der Waals surface area contributed by atoms with Crippen molar-refractivity contribution in [1.29, 1.82) is 0 Å². The molecule has 140 valence electrons. The van der Waals surface area contributed by atoms with Crippen molar-refractivity contribution in [2.75, 3.05) is 6.54 Å². The second kappa shape index (κ2) is 16.1. The quantitative estimate of drug-likeness (QED) is 0.178. The number of aliphatic imine (C=N–C) groups is 1. The standard InChI is InChI=1S/C17H36N6O/c1-3-5-7-9-11-13-15(24)22-23-17(19)21-16(18)20-14-12-10-8-6-4-2/h3-14H2,1-2H3,(H,22,24)(H5,18,19,20,21,23). The van der Waals surface area contributed by atoms with E-state index in [1.54, 1.807) is 0 Å². The Bertz CT molecular complexity index is 381. The van der Waals surface area contributed by atoms with E-state index in [1.807, 2.05) is 0 Å². The van der Waals surface area contributed by atoms with E-state index in [0.29, 0.717) is 13.0 Å². The average molecular weight is 341 g/mol. The molecular formula is C17H36N6O. The Hall–Kier alpha value is -1.79. The number of rotatable bonds is 13. The Morgan fingerprint density at radius 3 is 2.04 bits per heavy atom. The van der Waals surface area contributed by atoms with Crippen LogP contribution in [-0.4, -0.2) is 24.4 Å². The number of nitrogens with zero attached hydrogens (tertiary/aromatic N) is 2. The van der Waals surface area contributed by atoms with Gasteiger partial charge in [-0.1, -0.05) is 65.2 Å². The fraction of sp³-hybridized carbons (Fsp3) is 0.824. The summed E-state index contributed by atoms with van der Waals surface area (Å²) in [4.78, 5) is 15.8. The van der Waals surface area contributed by atoms with Crippen LogP contribution >= 0.6 is 0 Å². The first-order chi connectivity index (χ1) is 11.6. The normalized spacial score (nSPS) is 12.2. The zero-order valence-corrected chi connectivity index (χ0v) is 15.4. The minimum Gasteiger partial charge on any atom is -0.370 e. The van der Waals surface area contributed by atoms with Gasteiger partial charge in [0, 0.05) is 13.0 Å². The average Bonchev–Trinajstić information content (AvgIpc) is 2.56. The van der Waals surface area contributed by atoms with E-state index in [0.717, 1.165) is 25.7 Å². The van der Waals surface area contributed by atoms with E-state index in [1.165, 1.54) is 38.5 Å². The molecule has 0 spiro atoms. The van der Waals surface area contributed by atoms with Crippen molar-refractivity contribution in [2.24, 2.45) is 21.6 Å². The third-order valence-corrected chi connectivity index (χ3v) is 3.61. The molecule has 0 radical (unpaired) electrons. The predicted octanol–water partition coefficient (Wildman–Crippen LogP) is 2.57. The number of hydrogen-bond acceptors (Lipinski definition) is 3. The number of hydrogen-bond donors (Lipinski definition) is 4. The zero-order chi connectivity index (χ0) is 18.0. The third kappa shape index (κ3) is 15.1. The van der Waals surface area contributed by atoms with Crippen molar-refractivity contribution in [3.8, 4) is 0 Å². The molecule has 0 atom stereocenters. The number of unbranched alkanes of at least 4 members (excludes halogenated alkanes) is 8. The van der Waals surface area contributed by atoms with Crippen LogP contribution in [0.5, 0.6) is 0 Å². The summed E-state index contributed by atoms with van der Waals surface area (Å²) < 4.78 is 0. The van der Waals surface area contributed by atoms with Crippen molar-refractivity contribution >= 4 is 17.8 Å². The second-order valence-corrected chi connectivity index (χ2v) is 6.00. The Balaban J connectivity index is 3.81. The first kappa shape index (κ1) is 22.2. The molecule has 0 unspecified atom stereocenters. The molecule has 7 heteroatoms. The molecule has 0 aromatic heterocycles. The topological polar surface area (TPSA) is 118 Å². The first-order valence-electron chi connectivity index (χ1n) is 9.29. The number of guanidine groups is 2. The Kier molecular flexibility index (Phi) is 14.9. The monoisotopic (exact) mass is 340 g/mol. The lowest BCUT2D eigenvalue weighted by molar-refractivity contribution is -0.121. The fourth-order valence-electron chi connectivity index (χ4n) is 2.18. The lowest BCUT2D eigenvalue weighted by atomic mass is 10.1. The maximum atomic E-state index is 11.6. The van der Waals surface area contributed by atoms with Gasteiger partial charge >= 0.3 is 0 Å². The highest BCUT2D eigenvalue weighted by atomic mass is 16.2. The molecular weight excluding hydrogens is 304 g/mol. The van der Waals surface area contributed by atoms with E-state index < -0.39 is 0 Å². The summed E-state index contributed by atoms with van der Waals surface area (Å²) in [7, 11) is 0. The summed E-state index contributed by atoms with van der Waals surface area (Å²) in [6, 6.07) is 0. The molecule has 0 saturated heterocycles. The summed E-state index contributed by atoms with van der Waals surface area (Å²) in [6.45, 7) is 5.02. The van der Waals surface area contributed by atoms with Gasteiger partial charge in [0.1, 0.15) is 0 Å². The summed E-state index contributed by atoms with van der Waals surface area (Å²) in [6.07, 6.45) is 11.9. The first-order valence-corrected chi connectivity index (χ1v) is 9.29. The van der Waals surface area contributed by atoms with Crippen molar-refractivity contribution in [3.63, 3.8) is 0 Å².